The van der Waals surface area contributed by atoms with E-state index in [9.17, 15) is 4.79 Å². The number of pyridine rings is 1. The molecule has 31 heavy (non-hydrogen) atoms. The Kier molecular flexibility index (Phi) is 8.09. The highest BCUT2D eigenvalue weighted by Gasteiger charge is 2.23. The van der Waals surface area contributed by atoms with Crippen molar-refractivity contribution in [3.63, 3.8) is 0 Å². The van der Waals surface area contributed by atoms with Crippen LogP contribution in [0, 0.1) is 13.8 Å². The average Bonchev–Trinajstić information content (AvgIpc) is 3.12. The first-order chi connectivity index (χ1) is 14.9. The Morgan fingerprint density at radius 1 is 1.16 bits per heavy atom. The number of amides is 2. The van der Waals surface area contributed by atoms with Crippen LogP contribution in [-0.2, 0) is 22.4 Å². The average molecular weight is 433 g/mol. The fourth-order valence-corrected chi connectivity index (χ4v) is 4.46. The molecule has 2 aromatic heterocycles. The van der Waals surface area contributed by atoms with Crippen molar-refractivity contribution in [3.05, 3.63) is 17.1 Å². The zero-order valence-electron chi connectivity index (χ0n) is 19.0. The number of primary amides is 1. The second-order valence-corrected chi connectivity index (χ2v) is 8.26. The van der Waals surface area contributed by atoms with Gasteiger partial charge in [0.2, 0.25) is 0 Å². The maximum atomic E-state index is 11.9. The van der Waals surface area contributed by atoms with Crippen LogP contribution >= 0.6 is 0 Å². The second-order valence-electron chi connectivity index (χ2n) is 8.26. The van der Waals surface area contributed by atoms with Crippen molar-refractivity contribution in [1.82, 2.24) is 19.4 Å². The fraction of sp³-hybridized carbons (Fsp3) is 0.682. The number of rotatable bonds is 10. The highest BCUT2D eigenvalue weighted by atomic mass is 16.5. The Balaban J connectivity index is 1.65. The van der Waals surface area contributed by atoms with Crippen LogP contribution < -0.4 is 11.5 Å². The van der Waals surface area contributed by atoms with Crippen molar-refractivity contribution in [1.29, 1.82) is 0 Å². The maximum Gasteiger partial charge on any atom is 0.315 e. The van der Waals surface area contributed by atoms with Gasteiger partial charge >= 0.3 is 6.03 Å². The molecule has 1 aliphatic rings. The normalized spacial score (nSPS) is 14.9. The van der Waals surface area contributed by atoms with E-state index >= 15 is 0 Å². The van der Waals surface area contributed by atoms with Gasteiger partial charge in [-0.2, -0.15) is 0 Å². The Morgan fingerprint density at radius 3 is 2.58 bits per heavy atom. The SMILES string of the molecule is COCCc1nc2c(N)nc(C)c(C)c2n1CCOCCN(C(N)=O)C1CCCCC1. The summed E-state index contributed by atoms with van der Waals surface area (Å²) in [5.41, 5.74) is 15.5. The number of hydrogen-bond acceptors (Lipinski definition) is 6. The molecule has 0 radical (unpaired) electrons. The van der Waals surface area contributed by atoms with Gasteiger partial charge in [-0.15, -0.1) is 0 Å². The summed E-state index contributed by atoms with van der Waals surface area (Å²) in [4.78, 5) is 22.8. The minimum Gasteiger partial charge on any atom is -0.384 e. The van der Waals surface area contributed by atoms with Gasteiger partial charge in [0.1, 0.15) is 11.3 Å². The van der Waals surface area contributed by atoms with Gasteiger partial charge in [-0.3, -0.25) is 0 Å². The van der Waals surface area contributed by atoms with Gasteiger partial charge in [-0.25, -0.2) is 14.8 Å². The number of carbonyl (C=O) groups excluding carboxylic acids is 1. The van der Waals surface area contributed by atoms with Gasteiger partial charge in [0.05, 0.1) is 25.3 Å². The van der Waals surface area contributed by atoms with Crippen molar-refractivity contribution >= 4 is 22.9 Å². The van der Waals surface area contributed by atoms with Crippen molar-refractivity contribution < 1.29 is 14.3 Å². The molecule has 3 rings (SSSR count). The van der Waals surface area contributed by atoms with E-state index in [1.807, 2.05) is 13.8 Å². The van der Waals surface area contributed by atoms with E-state index in [4.69, 9.17) is 25.9 Å². The van der Waals surface area contributed by atoms with Crippen molar-refractivity contribution in [2.75, 3.05) is 39.2 Å². The highest BCUT2D eigenvalue weighted by Crippen LogP contribution is 2.26. The van der Waals surface area contributed by atoms with Crippen molar-refractivity contribution in [2.45, 2.75) is 65.0 Å². The molecule has 0 bridgehead atoms. The Labute approximate surface area is 184 Å². The number of fused-ring (bicyclic) bond motifs is 1. The van der Waals surface area contributed by atoms with E-state index < -0.39 is 0 Å². The van der Waals surface area contributed by atoms with Gasteiger partial charge in [0.15, 0.2) is 5.82 Å². The maximum absolute atomic E-state index is 11.9. The molecule has 0 aromatic carbocycles. The van der Waals surface area contributed by atoms with E-state index in [-0.39, 0.29) is 12.1 Å². The van der Waals surface area contributed by atoms with Crippen LogP contribution in [0.4, 0.5) is 10.6 Å². The number of methoxy groups -OCH3 is 1. The summed E-state index contributed by atoms with van der Waals surface area (Å²) >= 11 is 0. The molecular weight excluding hydrogens is 396 g/mol. The van der Waals surface area contributed by atoms with E-state index in [1.165, 1.54) is 6.42 Å². The smallest absolute Gasteiger partial charge is 0.315 e. The molecule has 172 valence electrons. The lowest BCUT2D eigenvalue weighted by Gasteiger charge is -2.33. The van der Waals surface area contributed by atoms with Crippen LogP contribution in [0.5, 0.6) is 0 Å². The largest absolute Gasteiger partial charge is 0.384 e. The molecule has 2 heterocycles. The Hall–Kier alpha value is -2.39. The fourth-order valence-electron chi connectivity index (χ4n) is 4.46. The van der Waals surface area contributed by atoms with E-state index in [0.29, 0.717) is 45.1 Å². The zero-order valence-corrected chi connectivity index (χ0v) is 19.0. The molecule has 0 atom stereocenters. The molecule has 1 fully saturated rings. The van der Waals surface area contributed by atoms with Crippen molar-refractivity contribution in [3.8, 4) is 0 Å². The summed E-state index contributed by atoms with van der Waals surface area (Å²) in [5.74, 6) is 1.35. The first-order valence-electron chi connectivity index (χ1n) is 11.2. The highest BCUT2D eigenvalue weighted by molar-refractivity contribution is 5.88. The summed E-state index contributed by atoms with van der Waals surface area (Å²) in [6.07, 6.45) is 6.29. The quantitative estimate of drug-likeness (QED) is 0.557. The molecule has 0 aliphatic heterocycles. The predicted molar refractivity (Wildman–Crippen MR) is 121 cm³/mol. The number of aryl methyl sites for hydroxylation is 2. The van der Waals surface area contributed by atoms with Gasteiger partial charge in [-0.05, 0) is 32.3 Å². The van der Waals surface area contributed by atoms with E-state index in [0.717, 1.165) is 53.8 Å². The minimum absolute atomic E-state index is 0.245. The lowest BCUT2D eigenvalue weighted by atomic mass is 9.94. The van der Waals surface area contributed by atoms with Crippen LogP contribution in [0.1, 0.15) is 49.2 Å². The van der Waals surface area contributed by atoms with Gasteiger partial charge < -0.3 is 30.4 Å². The number of hydrogen-bond donors (Lipinski definition) is 2. The van der Waals surface area contributed by atoms with Gasteiger partial charge in [0.25, 0.3) is 0 Å². The first kappa shape index (κ1) is 23.3. The lowest BCUT2D eigenvalue weighted by Crippen LogP contribution is -2.46. The Bertz CT molecular complexity index is 891. The van der Waals surface area contributed by atoms with Crippen LogP contribution in [0.25, 0.3) is 11.0 Å². The predicted octanol–water partition coefficient (Wildman–Crippen LogP) is 2.55. The molecule has 2 aromatic rings. The number of aromatic nitrogens is 3. The number of nitrogen functional groups attached to an aromatic ring is 1. The molecule has 0 spiro atoms. The minimum atomic E-state index is -0.355. The third-order valence-corrected chi connectivity index (χ3v) is 6.24. The lowest BCUT2D eigenvalue weighted by molar-refractivity contribution is 0.0875. The number of urea groups is 1. The van der Waals surface area contributed by atoms with Crippen molar-refractivity contribution in [2.24, 2.45) is 5.73 Å². The summed E-state index contributed by atoms with van der Waals surface area (Å²) in [6, 6.07) is -0.110. The molecule has 2 amide bonds. The number of carbonyl (C=O) groups is 1. The van der Waals surface area contributed by atoms with Crippen LogP contribution in [0.2, 0.25) is 0 Å². The number of nitrogens with two attached hydrogens (primary N) is 2. The topological polar surface area (TPSA) is 122 Å². The Morgan fingerprint density at radius 2 is 1.90 bits per heavy atom. The number of anilines is 1. The summed E-state index contributed by atoms with van der Waals surface area (Å²) in [7, 11) is 1.68. The molecule has 0 unspecified atom stereocenters. The van der Waals surface area contributed by atoms with Gasteiger partial charge in [0, 0.05) is 38.4 Å². The number of ether oxygens (including phenoxy) is 2. The molecule has 1 saturated carbocycles. The molecule has 9 nitrogen and oxygen atoms in total. The molecular formula is C22H36N6O3. The molecule has 0 saturated heterocycles. The van der Waals surface area contributed by atoms with Gasteiger partial charge in [-0.1, -0.05) is 19.3 Å². The monoisotopic (exact) mass is 432 g/mol. The summed E-state index contributed by atoms with van der Waals surface area (Å²) < 4.78 is 13.3. The van der Waals surface area contributed by atoms with E-state index in [2.05, 4.69) is 9.55 Å². The number of nitrogens with zero attached hydrogens (tertiary/aromatic N) is 4. The standard InChI is InChI=1S/C22H36N6O3/c1-15-16(2)25-21(23)19-20(15)28(18(26-19)9-12-30-3)11-14-31-13-10-27(22(24)29)17-7-5-4-6-8-17/h17H,4-14H2,1-3H3,(H2,23,25)(H2,24,29). The molecule has 4 N–H and O–H groups in total. The first-order valence-corrected chi connectivity index (χ1v) is 11.2. The van der Waals surface area contributed by atoms with E-state index in [1.54, 1.807) is 12.0 Å². The second kappa shape index (κ2) is 10.8. The molecule has 9 heteroatoms. The molecule has 1 aliphatic carbocycles. The van der Waals surface area contributed by atoms with Crippen LogP contribution in [0.3, 0.4) is 0 Å². The summed E-state index contributed by atoms with van der Waals surface area (Å²) in [6.45, 7) is 6.69. The summed E-state index contributed by atoms with van der Waals surface area (Å²) in [5, 5.41) is 0. The third-order valence-electron chi connectivity index (χ3n) is 6.24. The van der Waals surface area contributed by atoms with Crippen LogP contribution in [-0.4, -0.2) is 65.0 Å². The third kappa shape index (κ3) is 5.46. The van der Waals surface area contributed by atoms with Crippen LogP contribution in [0.15, 0.2) is 0 Å². The zero-order chi connectivity index (χ0) is 22.4. The number of imidazole rings is 1.